The first-order valence-electron chi connectivity index (χ1n) is 3.26. The van der Waals surface area contributed by atoms with Gasteiger partial charge in [0.1, 0.15) is 8.98 Å². The highest BCUT2D eigenvalue weighted by atomic mass is 35.5. The maximum Gasteiger partial charge on any atom is 0.275 e. The molecule has 0 amide bonds. The fourth-order valence-electron chi connectivity index (χ4n) is 0.382. The van der Waals surface area contributed by atoms with Gasteiger partial charge in [-0.15, -0.1) is 0 Å². The number of hydrogen-bond donors (Lipinski definition) is 1. The second-order valence-electron chi connectivity index (χ2n) is 1.92. The minimum Gasteiger partial charge on any atom is -0.388 e. The zero-order valence-corrected chi connectivity index (χ0v) is 10.8. The average Bonchev–Trinajstić information content (AvgIpc) is 2.15. The van der Waals surface area contributed by atoms with Crippen molar-refractivity contribution in [3.05, 3.63) is 20.1 Å². The Bertz CT molecular complexity index is 294. The zero-order chi connectivity index (χ0) is 11.8. The van der Waals surface area contributed by atoms with Crippen LogP contribution in [0, 0.1) is 0 Å². The Kier molecular flexibility index (Phi) is 8.42. The van der Waals surface area contributed by atoms with E-state index < -0.39 is 0 Å². The Morgan fingerprint density at radius 1 is 1.20 bits per heavy atom. The van der Waals surface area contributed by atoms with E-state index in [0.717, 1.165) is 6.08 Å². The molecule has 0 spiro atoms. The van der Waals surface area contributed by atoms with Crippen molar-refractivity contribution < 1.29 is 9.68 Å². The van der Waals surface area contributed by atoms with E-state index >= 15 is 0 Å². The highest BCUT2D eigenvalue weighted by Gasteiger charge is 2.01. The quantitative estimate of drug-likeness (QED) is 0.491. The van der Waals surface area contributed by atoms with Crippen LogP contribution >= 0.6 is 58.0 Å². The molecule has 9 heteroatoms. The van der Waals surface area contributed by atoms with E-state index in [1.807, 2.05) is 0 Å². The summed E-state index contributed by atoms with van der Waals surface area (Å²) in [4.78, 5) is 8.93. The van der Waals surface area contributed by atoms with Gasteiger partial charge < -0.3 is 9.68 Å². The molecule has 0 rings (SSSR count). The number of nitrogens with zero attached hydrogens (tertiary/aromatic N) is 1. The van der Waals surface area contributed by atoms with E-state index in [2.05, 4.69) is 14.8 Å². The molecule has 0 aromatic carbocycles. The minimum atomic E-state index is -0.134. The van der Waals surface area contributed by atoms with Gasteiger partial charge in [0.25, 0.3) is 5.90 Å². The van der Waals surface area contributed by atoms with Crippen molar-refractivity contribution in [1.82, 2.24) is 0 Å². The summed E-state index contributed by atoms with van der Waals surface area (Å²) in [5, 5.41) is 3.48. The molecule has 0 saturated carbocycles. The summed E-state index contributed by atoms with van der Waals surface area (Å²) in [7, 11) is 0. The lowest BCUT2D eigenvalue weighted by molar-refractivity contribution is 0.157. The fraction of sp³-hybridized carbons (Fsp3) is 0.167. The highest BCUT2D eigenvalue weighted by Crippen LogP contribution is 2.17. The van der Waals surface area contributed by atoms with Gasteiger partial charge in [0, 0.05) is 6.08 Å². The third-order valence-corrected chi connectivity index (χ3v) is 2.07. The standard InChI is InChI=1S/C6H5Cl5N2O2/c7-3(6(10)11)2-14-13-5(15-12)1-4(8)9/h1H,2,12H2. The summed E-state index contributed by atoms with van der Waals surface area (Å²) < 4.78 is -0.215. The first-order valence-corrected chi connectivity index (χ1v) is 5.15. The van der Waals surface area contributed by atoms with Crippen LogP contribution in [-0.2, 0) is 9.68 Å². The van der Waals surface area contributed by atoms with E-state index in [4.69, 9.17) is 63.9 Å². The van der Waals surface area contributed by atoms with Crippen LogP contribution in [0.3, 0.4) is 0 Å². The monoisotopic (exact) mass is 312 g/mol. The van der Waals surface area contributed by atoms with Crippen LogP contribution in [0.1, 0.15) is 0 Å². The van der Waals surface area contributed by atoms with Crippen LogP contribution in [0.4, 0.5) is 0 Å². The summed E-state index contributed by atoms with van der Waals surface area (Å²) in [6.07, 6.45) is 1.13. The third-order valence-electron chi connectivity index (χ3n) is 0.904. The molecular weight excluding hydrogens is 309 g/mol. The van der Waals surface area contributed by atoms with E-state index in [1.165, 1.54) is 0 Å². The van der Waals surface area contributed by atoms with E-state index in [0.29, 0.717) is 0 Å². The number of nitrogens with two attached hydrogens (primary N) is 1. The molecule has 2 N–H and O–H groups in total. The van der Waals surface area contributed by atoms with Gasteiger partial charge in [-0.25, -0.2) is 0 Å². The predicted molar refractivity (Wildman–Crippen MR) is 63.0 cm³/mol. The van der Waals surface area contributed by atoms with Gasteiger partial charge in [-0.05, 0) is 5.16 Å². The first kappa shape index (κ1) is 15.2. The van der Waals surface area contributed by atoms with E-state index in [9.17, 15) is 0 Å². The van der Waals surface area contributed by atoms with Crippen molar-refractivity contribution in [2.24, 2.45) is 11.1 Å². The summed E-state index contributed by atoms with van der Waals surface area (Å²) in [6.45, 7) is -0.134. The Labute approximate surface area is 111 Å². The molecule has 86 valence electrons. The molecule has 0 saturated heterocycles. The number of oxime groups is 1. The molecule has 0 radical (unpaired) electrons. The topological polar surface area (TPSA) is 56.8 Å². The first-order chi connectivity index (χ1) is 6.97. The maximum absolute atomic E-state index is 5.53. The molecule has 0 aromatic rings. The molecule has 0 heterocycles. The van der Waals surface area contributed by atoms with Crippen molar-refractivity contribution in [3.63, 3.8) is 0 Å². The SMILES string of the molecule is NOC(C=C(Cl)Cl)=NOCC(Cl)=C(Cl)Cl. The molecule has 0 aliphatic carbocycles. The van der Waals surface area contributed by atoms with Crippen molar-refractivity contribution in [3.8, 4) is 0 Å². The second kappa shape index (κ2) is 8.33. The molecule has 0 aliphatic rings. The van der Waals surface area contributed by atoms with Crippen molar-refractivity contribution in [2.75, 3.05) is 6.61 Å². The molecule has 15 heavy (non-hydrogen) atoms. The van der Waals surface area contributed by atoms with Crippen molar-refractivity contribution >= 4 is 63.9 Å². The molecule has 0 fully saturated rings. The summed E-state index contributed by atoms with van der Waals surface area (Å²) in [5.41, 5.74) is 0. The normalized spacial score (nSPS) is 10.7. The number of hydrogen-bond acceptors (Lipinski definition) is 4. The van der Waals surface area contributed by atoms with Crippen molar-refractivity contribution in [1.29, 1.82) is 0 Å². The van der Waals surface area contributed by atoms with Gasteiger partial charge in [0.15, 0.2) is 6.61 Å². The second-order valence-corrected chi connectivity index (χ2v) is 4.33. The molecule has 0 aliphatic heterocycles. The number of halogens is 5. The van der Waals surface area contributed by atoms with Crippen LogP contribution < -0.4 is 5.90 Å². The maximum atomic E-state index is 5.53. The highest BCUT2D eigenvalue weighted by molar-refractivity contribution is 6.59. The minimum absolute atomic E-state index is 0.0828. The van der Waals surface area contributed by atoms with Gasteiger partial charge in [0.2, 0.25) is 0 Å². The summed E-state index contributed by atoms with van der Waals surface area (Å²) in [6, 6.07) is 0. The summed E-state index contributed by atoms with van der Waals surface area (Å²) in [5.74, 6) is 4.69. The van der Waals surface area contributed by atoms with Gasteiger partial charge in [-0.2, -0.15) is 5.90 Å². The Balaban J connectivity index is 4.26. The lowest BCUT2D eigenvalue weighted by Gasteiger charge is -2.00. The third kappa shape index (κ3) is 8.02. The Morgan fingerprint density at radius 2 is 1.80 bits per heavy atom. The van der Waals surface area contributed by atoms with Gasteiger partial charge >= 0.3 is 0 Å². The van der Waals surface area contributed by atoms with Gasteiger partial charge in [-0.1, -0.05) is 58.0 Å². The molecule has 4 nitrogen and oxygen atoms in total. The lowest BCUT2D eigenvalue weighted by atomic mass is 10.6. The van der Waals surface area contributed by atoms with Gasteiger partial charge in [0.05, 0.1) is 5.03 Å². The van der Waals surface area contributed by atoms with Crippen LogP contribution in [-0.4, -0.2) is 12.5 Å². The Hall–Kier alpha value is 0.160. The number of rotatable bonds is 4. The Morgan fingerprint density at radius 3 is 2.20 bits per heavy atom. The van der Waals surface area contributed by atoms with E-state index in [1.54, 1.807) is 0 Å². The van der Waals surface area contributed by atoms with Crippen LogP contribution in [0.15, 0.2) is 25.2 Å². The summed E-state index contributed by atoms with van der Waals surface area (Å²) >= 11 is 26.8. The zero-order valence-electron chi connectivity index (χ0n) is 7.02. The molecule has 0 unspecified atom stereocenters. The molecule has 0 atom stereocenters. The van der Waals surface area contributed by atoms with Gasteiger partial charge in [-0.3, -0.25) is 0 Å². The average molecular weight is 314 g/mol. The molecule has 0 bridgehead atoms. The smallest absolute Gasteiger partial charge is 0.275 e. The largest absolute Gasteiger partial charge is 0.388 e. The molecule has 0 aromatic heterocycles. The van der Waals surface area contributed by atoms with E-state index in [-0.39, 0.29) is 26.5 Å². The van der Waals surface area contributed by atoms with Crippen LogP contribution in [0.5, 0.6) is 0 Å². The van der Waals surface area contributed by atoms with Crippen molar-refractivity contribution in [2.45, 2.75) is 0 Å². The fourth-order valence-corrected chi connectivity index (χ4v) is 0.727. The predicted octanol–water partition coefficient (Wildman–Crippen LogP) is 3.41. The molecular formula is C6H5Cl5N2O2. The lowest BCUT2D eigenvalue weighted by Crippen LogP contribution is -2.08. The van der Waals surface area contributed by atoms with Crippen LogP contribution in [0.25, 0.3) is 0 Å². The van der Waals surface area contributed by atoms with Crippen LogP contribution in [0.2, 0.25) is 0 Å².